The summed E-state index contributed by atoms with van der Waals surface area (Å²) in [5.74, 6) is -2.11. The molecule has 2 aliphatic rings. The van der Waals surface area contributed by atoms with E-state index in [1.54, 1.807) is 0 Å². The Balaban J connectivity index is 0.000000968. The van der Waals surface area contributed by atoms with Crippen molar-refractivity contribution in [1.29, 1.82) is 0 Å². The predicted octanol–water partition coefficient (Wildman–Crippen LogP) is 7.03. The minimum absolute atomic E-state index is 0. The molecule has 4 unspecified atom stereocenters. The number of amides is 1. The topological polar surface area (TPSA) is 129 Å². The Morgan fingerprint density at radius 1 is 1.04 bits per heavy atom. The maximum atomic E-state index is 14.9. The van der Waals surface area contributed by atoms with Gasteiger partial charge in [0.25, 0.3) is 11.5 Å². The van der Waals surface area contributed by atoms with E-state index in [9.17, 15) is 41.1 Å². The predicted molar refractivity (Wildman–Crippen MR) is 188 cm³/mol. The molecule has 1 aliphatic carbocycles. The van der Waals surface area contributed by atoms with E-state index < -0.39 is 40.6 Å². The van der Waals surface area contributed by atoms with Crippen molar-refractivity contribution in [2.24, 2.45) is 23.2 Å². The molecular formula is C37H55F5N3O6V-. The van der Waals surface area contributed by atoms with Crippen LogP contribution in [-0.2, 0) is 45.0 Å². The Morgan fingerprint density at radius 2 is 1.67 bits per heavy atom. The molecule has 2 heterocycles. The molecular weight excluding hydrogens is 728 g/mol. The number of pyridine rings is 1. The summed E-state index contributed by atoms with van der Waals surface area (Å²) in [6, 6.07) is 3.17. The number of unbranched alkanes of at least 4 members (excludes halogenated alkanes) is 1. The number of aliphatic hydroxyl groups excluding tert-OH is 1. The van der Waals surface area contributed by atoms with Crippen LogP contribution in [0.5, 0.6) is 5.75 Å². The number of likely N-dealkylation sites (N-methyl/N-ethyl adjacent to an activating group) is 1. The number of nitrogens with one attached hydrogen (secondary N) is 2. The van der Waals surface area contributed by atoms with Gasteiger partial charge in [-0.2, -0.15) is 13.2 Å². The third-order valence-electron chi connectivity index (χ3n) is 9.61. The quantitative estimate of drug-likeness (QED) is 0.0967. The maximum Gasteiger partial charge on any atom is 0.417 e. The molecule has 15 heteroatoms. The Kier molecular flexibility index (Phi) is 21.2. The van der Waals surface area contributed by atoms with Gasteiger partial charge in [0, 0.05) is 43.5 Å². The SMILES string of the molecule is CC(C)(C)[C@@H](C=O)NC=O.CC1CCN(C)C1[C-]=O.CO.COc1ccc2c(C(F)(F)F)c(C(F)(F)CCCCC3CCCC3C)c(=O)[nH]c2c1.[V]. The van der Waals surface area contributed by atoms with Crippen LogP contribution in [-0.4, -0.2) is 73.9 Å². The van der Waals surface area contributed by atoms with Crippen LogP contribution >= 0.6 is 0 Å². The van der Waals surface area contributed by atoms with E-state index in [0.29, 0.717) is 30.6 Å². The van der Waals surface area contributed by atoms with E-state index in [1.807, 2.05) is 34.1 Å². The van der Waals surface area contributed by atoms with E-state index in [0.717, 1.165) is 58.1 Å². The first-order chi connectivity index (χ1) is 23.8. The van der Waals surface area contributed by atoms with Crippen LogP contribution in [0.1, 0.15) is 97.1 Å². The number of H-pyrrole nitrogens is 1. The van der Waals surface area contributed by atoms with E-state index in [2.05, 4.69) is 29.0 Å². The van der Waals surface area contributed by atoms with Gasteiger partial charge in [-0.3, -0.25) is 9.59 Å². The number of methoxy groups -OCH3 is 1. The summed E-state index contributed by atoms with van der Waals surface area (Å²) in [6.45, 7) is 11.0. The number of carbonyl (C=O) groups is 2. The zero-order valence-electron chi connectivity index (χ0n) is 31.4. The molecule has 1 saturated heterocycles. The van der Waals surface area contributed by atoms with Crippen LogP contribution in [0, 0.1) is 23.2 Å². The van der Waals surface area contributed by atoms with Crippen molar-refractivity contribution in [1.82, 2.24) is 15.2 Å². The van der Waals surface area contributed by atoms with Gasteiger partial charge in [0.05, 0.1) is 29.8 Å². The Morgan fingerprint density at radius 3 is 2.08 bits per heavy atom. The zero-order chi connectivity index (χ0) is 39.2. The molecule has 9 nitrogen and oxygen atoms in total. The molecule has 2 fully saturated rings. The van der Waals surface area contributed by atoms with Crippen LogP contribution in [0.4, 0.5) is 22.0 Å². The molecule has 1 radical (unpaired) electrons. The Hall–Kier alpha value is -2.81. The number of hydrogen-bond acceptors (Lipinski definition) is 7. The standard InChI is InChI=1S/C22H26F5NO2.C7H13NO2.C7H12NO.CH4O.V/c1-13-6-5-8-14(13)7-3-4-11-21(23,24)19-18(22(25,26)27)16-10-9-15(30-2)12-17(16)28-20(19)29;1-7(2,3)6(4-9)8-5-10;1-6-3-4-8(2)7(6)5-9;1-2;/h9-10,12-14H,3-8,11H2,1-2H3,(H,28,29);4-6H,1-3H3,(H,8,10);6-7H,3-4H2,1-2H3;2H,1H3;/q;;-1;;/t;6-;;;/m.1.../s1. The van der Waals surface area contributed by atoms with Gasteiger partial charge in [0.1, 0.15) is 12.0 Å². The molecule has 0 spiro atoms. The number of benzene rings is 1. The number of aldehydes is 1. The van der Waals surface area contributed by atoms with Gasteiger partial charge in [-0.25, -0.2) is 15.1 Å². The van der Waals surface area contributed by atoms with Crippen LogP contribution in [0.2, 0.25) is 0 Å². The second kappa shape index (κ2) is 22.4. The van der Waals surface area contributed by atoms with Crippen LogP contribution in [0.15, 0.2) is 23.0 Å². The fourth-order valence-electron chi connectivity index (χ4n) is 6.49. The van der Waals surface area contributed by atoms with Gasteiger partial charge in [0.15, 0.2) is 0 Å². The number of nitrogens with zero attached hydrogens (tertiary/aromatic N) is 1. The molecule has 5 atom stereocenters. The first-order valence-corrected chi connectivity index (χ1v) is 17.2. The average molecular weight is 784 g/mol. The summed E-state index contributed by atoms with van der Waals surface area (Å²) < 4.78 is 76.1. The number of aromatic nitrogens is 1. The number of halogens is 5. The van der Waals surface area contributed by atoms with Gasteiger partial charge >= 0.3 is 6.18 Å². The number of ether oxygens (including phenoxy) is 1. The van der Waals surface area contributed by atoms with Crippen molar-refractivity contribution >= 4 is 29.9 Å². The molecule has 52 heavy (non-hydrogen) atoms. The summed E-state index contributed by atoms with van der Waals surface area (Å²) in [5.41, 5.74) is -4.87. The largest absolute Gasteiger partial charge is 0.540 e. The van der Waals surface area contributed by atoms with Crippen LogP contribution in [0.25, 0.3) is 10.9 Å². The van der Waals surface area contributed by atoms with Crippen molar-refractivity contribution in [3.8, 4) is 5.75 Å². The van der Waals surface area contributed by atoms with Crippen molar-refractivity contribution in [3.05, 3.63) is 39.7 Å². The number of alkyl halides is 5. The maximum absolute atomic E-state index is 14.9. The number of aliphatic hydroxyl groups is 1. The monoisotopic (exact) mass is 783 g/mol. The van der Waals surface area contributed by atoms with Gasteiger partial charge in [-0.15, -0.1) is 0 Å². The molecule has 1 aromatic heterocycles. The van der Waals surface area contributed by atoms with Gasteiger partial charge < -0.3 is 34.6 Å². The molecule has 1 amide bonds. The van der Waals surface area contributed by atoms with Crippen LogP contribution in [0.3, 0.4) is 0 Å². The summed E-state index contributed by atoms with van der Waals surface area (Å²) >= 11 is 0. The van der Waals surface area contributed by atoms with Crippen molar-refractivity contribution in [2.45, 2.75) is 110 Å². The van der Waals surface area contributed by atoms with Gasteiger partial charge in [0.2, 0.25) is 6.41 Å². The fourth-order valence-corrected chi connectivity index (χ4v) is 6.49. The number of carbonyl (C=O) groups excluding carboxylic acids is 3. The van der Waals surface area contributed by atoms with Crippen LogP contribution < -0.4 is 15.6 Å². The minimum atomic E-state index is -5.10. The summed E-state index contributed by atoms with van der Waals surface area (Å²) in [4.78, 5) is 47.1. The molecule has 0 bridgehead atoms. The van der Waals surface area contributed by atoms with E-state index in [1.165, 1.54) is 19.2 Å². The van der Waals surface area contributed by atoms with Gasteiger partial charge in [-0.05, 0) is 55.8 Å². The van der Waals surface area contributed by atoms with E-state index in [-0.39, 0.29) is 53.7 Å². The fraction of sp³-hybridized carbons (Fsp3) is 0.676. The molecule has 295 valence electrons. The van der Waals surface area contributed by atoms with Crippen molar-refractivity contribution in [3.63, 3.8) is 0 Å². The summed E-state index contributed by atoms with van der Waals surface area (Å²) in [5, 5.41) is 8.95. The van der Waals surface area contributed by atoms with E-state index >= 15 is 0 Å². The average Bonchev–Trinajstić information content (AvgIpc) is 3.63. The number of aromatic amines is 1. The third kappa shape index (κ3) is 14.2. The third-order valence-corrected chi connectivity index (χ3v) is 9.61. The van der Waals surface area contributed by atoms with E-state index in [4.69, 9.17) is 9.84 Å². The molecule has 1 aromatic carbocycles. The molecule has 3 N–H and O–H groups in total. The zero-order valence-corrected chi connectivity index (χ0v) is 32.8. The Bertz CT molecular complexity index is 1440. The summed E-state index contributed by atoms with van der Waals surface area (Å²) in [6.07, 6.45) is 3.28. The normalized spacial score (nSPS) is 20.8. The summed E-state index contributed by atoms with van der Waals surface area (Å²) in [7, 11) is 4.29. The first-order valence-electron chi connectivity index (χ1n) is 17.2. The molecule has 4 rings (SSSR count). The molecule has 1 aliphatic heterocycles. The Labute approximate surface area is 315 Å². The number of likely N-dealkylation sites (tertiary alicyclic amines) is 1. The van der Waals surface area contributed by atoms with Gasteiger partial charge in [-0.1, -0.05) is 78.7 Å². The van der Waals surface area contributed by atoms with Crippen molar-refractivity contribution < 1.29 is 64.7 Å². The molecule has 2 aromatic rings. The number of fused-ring (bicyclic) bond motifs is 1. The smallest absolute Gasteiger partial charge is 0.417 e. The van der Waals surface area contributed by atoms with Crippen molar-refractivity contribution in [2.75, 3.05) is 27.8 Å². The number of rotatable bonds is 11. The first kappa shape index (κ1) is 49.2. The second-order valence-electron chi connectivity index (χ2n) is 14.3. The number of hydrogen-bond donors (Lipinski definition) is 3. The minimum Gasteiger partial charge on any atom is -0.540 e. The second-order valence-corrected chi connectivity index (χ2v) is 14.3. The molecule has 1 saturated carbocycles.